The van der Waals surface area contributed by atoms with Gasteiger partial charge in [0.15, 0.2) is 5.69 Å². The van der Waals surface area contributed by atoms with Gasteiger partial charge in [0.1, 0.15) is 0 Å². The lowest BCUT2D eigenvalue weighted by Gasteiger charge is -2.05. The van der Waals surface area contributed by atoms with Gasteiger partial charge < -0.3 is 10.8 Å². The van der Waals surface area contributed by atoms with Crippen molar-refractivity contribution in [1.82, 2.24) is 4.98 Å². The van der Waals surface area contributed by atoms with Crippen molar-refractivity contribution in [2.45, 2.75) is 6.92 Å². The Labute approximate surface area is 86.4 Å². The fraction of sp³-hybridized carbons (Fsp3) is 0.0909. The molecule has 1 aromatic heterocycles. The number of hydrogen-bond donors (Lipinski definition) is 2. The molecule has 0 saturated carbocycles. The molecule has 0 atom stereocenters. The van der Waals surface area contributed by atoms with E-state index in [1.165, 1.54) is 0 Å². The van der Waals surface area contributed by atoms with E-state index in [0.717, 1.165) is 10.9 Å². The van der Waals surface area contributed by atoms with Gasteiger partial charge in [0, 0.05) is 5.39 Å². The number of pyridine rings is 1. The molecule has 0 unspecified atom stereocenters. The monoisotopic (exact) mass is 202 g/mol. The molecule has 2 aromatic rings. The SMILES string of the molecule is Cc1cccc2nc(C(=O)O)c(N)cc12. The van der Waals surface area contributed by atoms with Gasteiger partial charge >= 0.3 is 5.97 Å². The van der Waals surface area contributed by atoms with Crippen molar-refractivity contribution in [1.29, 1.82) is 0 Å². The van der Waals surface area contributed by atoms with E-state index in [1.54, 1.807) is 12.1 Å². The van der Waals surface area contributed by atoms with Gasteiger partial charge in [-0.05, 0) is 24.6 Å². The van der Waals surface area contributed by atoms with Gasteiger partial charge in [-0.2, -0.15) is 0 Å². The number of aromatic nitrogens is 1. The van der Waals surface area contributed by atoms with Gasteiger partial charge in [-0.1, -0.05) is 12.1 Å². The normalized spacial score (nSPS) is 10.5. The van der Waals surface area contributed by atoms with Crippen LogP contribution in [-0.4, -0.2) is 16.1 Å². The summed E-state index contributed by atoms with van der Waals surface area (Å²) >= 11 is 0. The fourth-order valence-electron chi connectivity index (χ4n) is 1.53. The molecule has 3 N–H and O–H groups in total. The van der Waals surface area contributed by atoms with Crippen molar-refractivity contribution in [2.24, 2.45) is 0 Å². The molecule has 0 bridgehead atoms. The molecule has 1 aromatic carbocycles. The zero-order valence-electron chi connectivity index (χ0n) is 8.19. The smallest absolute Gasteiger partial charge is 0.356 e. The lowest BCUT2D eigenvalue weighted by atomic mass is 10.1. The number of rotatable bonds is 1. The van der Waals surface area contributed by atoms with Gasteiger partial charge in [0.05, 0.1) is 11.2 Å². The van der Waals surface area contributed by atoms with E-state index in [0.29, 0.717) is 5.52 Å². The highest BCUT2D eigenvalue weighted by molar-refractivity contribution is 5.96. The lowest BCUT2D eigenvalue weighted by molar-refractivity contribution is 0.0692. The fourth-order valence-corrected chi connectivity index (χ4v) is 1.53. The predicted molar refractivity (Wildman–Crippen MR) is 57.9 cm³/mol. The quantitative estimate of drug-likeness (QED) is 0.739. The molecular formula is C11H10N2O2. The summed E-state index contributed by atoms with van der Waals surface area (Å²) in [5, 5.41) is 9.74. The number of anilines is 1. The standard InChI is InChI=1S/C11H10N2O2/c1-6-3-2-4-9-7(6)5-8(12)10(13-9)11(14)15/h2-5H,12H2,1H3,(H,14,15). The van der Waals surface area contributed by atoms with Gasteiger partial charge in [-0.25, -0.2) is 9.78 Å². The largest absolute Gasteiger partial charge is 0.476 e. The summed E-state index contributed by atoms with van der Waals surface area (Å²) in [7, 11) is 0. The van der Waals surface area contributed by atoms with E-state index in [1.807, 2.05) is 19.1 Å². The van der Waals surface area contributed by atoms with Gasteiger partial charge in [-0.15, -0.1) is 0 Å². The van der Waals surface area contributed by atoms with Crippen LogP contribution in [0.1, 0.15) is 16.1 Å². The Kier molecular flexibility index (Phi) is 2.04. The first-order valence-electron chi connectivity index (χ1n) is 4.48. The second-order valence-electron chi connectivity index (χ2n) is 3.37. The average Bonchev–Trinajstić information content (AvgIpc) is 2.18. The Morgan fingerprint density at radius 2 is 2.20 bits per heavy atom. The maximum Gasteiger partial charge on any atom is 0.356 e. The highest BCUT2D eigenvalue weighted by atomic mass is 16.4. The number of hydrogen-bond acceptors (Lipinski definition) is 3. The summed E-state index contributed by atoms with van der Waals surface area (Å²) in [6, 6.07) is 7.20. The zero-order chi connectivity index (χ0) is 11.0. The number of nitrogen functional groups attached to an aromatic ring is 1. The summed E-state index contributed by atoms with van der Waals surface area (Å²) in [6.07, 6.45) is 0. The highest BCUT2D eigenvalue weighted by Gasteiger charge is 2.11. The van der Waals surface area contributed by atoms with E-state index in [-0.39, 0.29) is 11.4 Å². The van der Waals surface area contributed by atoms with Crippen LogP contribution in [0.5, 0.6) is 0 Å². The number of benzene rings is 1. The van der Waals surface area contributed by atoms with Gasteiger partial charge in [0.25, 0.3) is 0 Å². The van der Waals surface area contributed by atoms with E-state index in [2.05, 4.69) is 4.98 Å². The molecular weight excluding hydrogens is 192 g/mol. The second kappa shape index (κ2) is 3.24. The van der Waals surface area contributed by atoms with E-state index >= 15 is 0 Å². The summed E-state index contributed by atoms with van der Waals surface area (Å²) in [5.74, 6) is -1.10. The molecule has 4 heteroatoms. The van der Waals surface area contributed by atoms with Crippen LogP contribution < -0.4 is 5.73 Å². The first kappa shape index (κ1) is 9.45. The van der Waals surface area contributed by atoms with Crippen molar-refractivity contribution in [3.8, 4) is 0 Å². The molecule has 0 fully saturated rings. The van der Waals surface area contributed by atoms with Crippen LogP contribution in [0.2, 0.25) is 0 Å². The number of nitrogens with two attached hydrogens (primary N) is 1. The molecule has 0 spiro atoms. The number of carboxylic acids is 1. The van der Waals surface area contributed by atoms with Crippen molar-refractivity contribution in [2.75, 3.05) is 5.73 Å². The highest BCUT2D eigenvalue weighted by Crippen LogP contribution is 2.21. The Hall–Kier alpha value is -2.10. The third kappa shape index (κ3) is 1.50. The summed E-state index contributed by atoms with van der Waals surface area (Å²) in [4.78, 5) is 14.8. The molecule has 0 radical (unpaired) electrons. The van der Waals surface area contributed by atoms with Crippen LogP contribution in [-0.2, 0) is 0 Å². The molecule has 0 saturated heterocycles. The molecule has 0 amide bonds. The predicted octanol–water partition coefficient (Wildman–Crippen LogP) is 1.82. The lowest BCUT2D eigenvalue weighted by Crippen LogP contribution is -2.05. The third-order valence-corrected chi connectivity index (χ3v) is 2.31. The van der Waals surface area contributed by atoms with Crippen LogP contribution in [0.25, 0.3) is 10.9 Å². The summed E-state index contributed by atoms with van der Waals surface area (Å²) < 4.78 is 0. The number of aryl methyl sites for hydroxylation is 1. The second-order valence-corrected chi connectivity index (χ2v) is 3.37. The molecule has 4 nitrogen and oxygen atoms in total. The van der Waals surface area contributed by atoms with Crippen LogP contribution in [0.3, 0.4) is 0 Å². The number of aromatic carboxylic acids is 1. The molecule has 1 heterocycles. The number of fused-ring (bicyclic) bond motifs is 1. The number of carboxylic acid groups (broad SMARTS) is 1. The topological polar surface area (TPSA) is 76.2 Å². The van der Waals surface area contributed by atoms with Crippen molar-refractivity contribution in [3.05, 3.63) is 35.5 Å². The third-order valence-electron chi connectivity index (χ3n) is 2.31. The maximum absolute atomic E-state index is 10.8. The zero-order valence-corrected chi connectivity index (χ0v) is 8.19. The Morgan fingerprint density at radius 3 is 2.87 bits per heavy atom. The Balaban J connectivity index is 2.82. The van der Waals surface area contributed by atoms with E-state index in [4.69, 9.17) is 10.8 Å². The Morgan fingerprint density at radius 1 is 1.47 bits per heavy atom. The minimum absolute atomic E-state index is 0.0897. The molecule has 15 heavy (non-hydrogen) atoms. The van der Waals surface area contributed by atoms with Crippen LogP contribution >= 0.6 is 0 Å². The van der Waals surface area contributed by atoms with Gasteiger partial charge in [0.2, 0.25) is 0 Å². The first-order chi connectivity index (χ1) is 7.09. The van der Waals surface area contributed by atoms with Crippen LogP contribution in [0, 0.1) is 6.92 Å². The maximum atomic E-state index is 10.8. The molecule has 2 rings (SSSR count). The summed E-state index contributed by atoms with van der Waals surface area (Å²) in [6.45, 7) is 1.93. The molecule has 0 aliphatic carbocycles. The Bertz CT molecular complexity index is 550. The number of nitrogens with zero attached hydrogens (tertiary/aromatic N) is 1. The molecule has 0 aliphatic heterocycles. The molecule has 0 aliphatic rings. The van der Waals surface area contributed by atoms with Gasteiger partial charge in [-0.3, -0.25) is 0 Å². The van der Waals surface area contributed by atoms with Crippen molar-refractivity contribution in [3.63, 3.8) is 0 Å². The number of carbonyl (C=O) groups is 1. The van der Waals surface area contributed by atoms with E-state index in [9.17, 15) is 4.79 Å². The van der Waals surface area contributed by atoms with Crippen molar-refractivity contribution >= 4 is 22.6 Å². The van der Waals surface area contributed by atoms with Crippen molar-refractivity contribution < 1.29 is 9.90 Å². The average molecular weight is 202 g/mol. The van der Waals surface area contributed by atoms with Crippen LogP contribution in [0.15, 0.2) is 24.3 Å². The molecule has 76 valence electrons. The van der Waals surface area contributed by atoms with Crippen LogP contribution in [0.4, 0.5) is 5.69 Å². The summed E-state index contributed by atoms with van der Waals surface area (Å²) in [5.41, 5.74) is 7.41. The minimum Gasteiger partial charge on any atom is -0.476 e. The van der Waals surface area contributed by atoms with E-state index < -0.39 is 5.97 Å². The minimum atomic E-state index is -1.10. The first-order valence-corrected chi connectivity index (χ1v) is 4.48.